The molecular weight excluding hydrogens is 342 g/mol. The molecule has 1 aromatic rings. The highest BCUT2D eigenvalue weighted by atomic mass is 79.9. The normalized spacial score (nSPS) is 11.0. The third-order valence-electron chi connectivity index (χ3n) is 1.57. The van der Waals surface area contributed by atoms with Crippen molar-refractivity contribution in [2.24, 2.45) is 0 Å². The van der Waals surface area contributed by atoms with E-state index in [1.807, 2.05) is 0 Å². The summed E-state index contributed by atoms with van der Waals surface area (Å²) in [5, 5.41) is 8.78. The summed E-state index contributed by atoms with van der Waals surface area (Å²) in [5.41, 5.74) is -0.101. The van der Waals surface area contributed by atoms with Crippen molar-refractivity contribution in [3.05, 3.63) is 26.5 Å². The smallest absolute Gasteiger partial charge is 0.349 e. The molecule has 1 heterocycles. The zero-order valence-electron chi connectivity index (χ0n) is 8.29. The van der Waals surface area contributed by atoms with Crippen molar-refractivity contribution in [1.82, 2.24) is 0 Å². The molecule has 0 N–H and O–H groups in total. The van der Waals surface area contributed by atoms with Gasteiger partial charge in [0.2, 0.25) is 0 Å². The lowest BCUT2D eigenvalue weighted by Crippen LogP contribution is -2.05. The van der Waals surface area contributed by atoms with E-state index in [0.29, 0.717) is 14.9 Å². The van der Waals surface area contributed by atoms with Crippen molar-refractivity contribution in [1.29, 1.82) is 5.26 Å². The van der Waals surface area contributed by atoms with E-state index in [1.54, 1.807) is 19.1 Å². The fourth-order valence-corrected chi connectivity index (χ4v) is 1.53. The summed E-state index contributed by atoms with van der Waals surface area (Å²) in [6.07, 6.45) is 1.33. The number of nitrogens with zero attached hydrogens (tertiary/aromatic N) is 1. The Bertz CT molecular complexity index is 451. The lowest BCUT2D eigenvalue weighted by atomic mass is 10.2. The highest BCUT2D eigenvalue weighted by Gasteiger charge is 2.12. The number of carbonyl (C=O) groups is 1. The Morgan fingerprint density at radius 2 is 2.38 bits per heavy atom. The zero-order chi connectivity index (χ0) is 12.1. The minimum Gasteiger partial charge on any atom is -0.462 e. The van der Waals surface area contributed by atoms with Gasteiger partial charge < -0.3 is 9.15 Å². The minimum absolute atomic E-state index is 0.101. The van der Waals surface area contributed by atoms with Crippen LogP contribution in [0.25, 0.3) is 6.08 Å². The number of hydrogen-bond acceptors (Lipinski definition) is 4. The van der Waals surface area contributed by atoms with E-state index in [1.165, 1.54) is 6.08 Å². The van der Waals surface area contributed by atoms with Crippen molar-refractivity contribution in [3.8, 4) is 6.07 Å². The van der Waals surface area contributed by atoms with Crippen molar-refractivity contribution >= 4 is 43.9 Å². The molecule has 0 radical (unpaired) electrons. The zero-order valence-corrected chi connectivity index (χ0v) is 11.5. The number of esters is 1. The van der Waals surface area contributed by atoms with Crippen LogP contribution >= 0.6 is 31.9 Å². The fourth-order valence-electron chi connectivity index (χ4n) is 0.922. The van der Waals surface area contributed by atoms with Gasteiger partial charge in [-0.15, -0.1) is 0 Å². The Morgan fingerprint density at radius 3 is 2.81 bits per heavy atom. The van der Waals surface area contributed by atoms with Crippen LogP contribution < -0.4 is 0 Å². The molecule has 16 heavy (non-hydrogen) atoms. The van der Waals surface area contributed by atoms with E-state index >= 15 is 0 Å². The summed E-state index contributed by atoms with van der Waals surface area (Å²) in [5.74, 6) is -0.267. The maximum absolute atomic E-state index is 11.3. The Kier molecular flexibility index (Phi) is 4.77. The largest absolute Gasteiger partial charge is 0.462 e. The summed E-state index contributed by atoms with van der Waals surface area (Å²) in [4.78, 5) is 11.3. The molecule has 0 aliphatic carbocycles. The van der Waals surface area contributed by atoms with Crippen molar-refractivity contribution in [2.75, 3.05) is 6.61 Å². The number of carbonyl (C=O) groups excluding carboxylic acids is 1. The molecule has 0 aliphatic rings. The summed E-state index contributed by atoms with van der Waals surface area (Å²) in [6.45, 7) is 1.90. The molecule has 0 bridgehead atoms. The first kappa shape index (κ1) is 13.0. The van der Waals surface area contributed by atoms with Gasteiger partial charge in [-0.05, 0) is 44.8 Å². The minimum atomic E-state index is -0.659. The Labute approximate surface area is 109 Å². The van der Waals surface area contributed by atoms with E-state index in [-0.39, 0.29) is 12.2 Å². The molecule has 0 aromatic carbocycles. The average molecular weight is 349 g/mol. The average Bonchev–Trinajstić information content (AvgIpc) is 2.55. The van der Waals surface area contributed by atoms with Crippen molar-refractivity contribution in [2.45, 2.75) is 6.92 Å². The standard InChI is InChI=1S/C10H7Br2NO3/c1-2-15-10(14)6(5-13)3-7-4-8(11)9(12)16-7/h3-4H,2H2,1H3/b6-3+. The number of furan rings is 1. The number of rotatable bonds is 3. The Morgan fingerprint density at radius 1 is 1.69 bits per heavy atom. The van der Waals surface area contributed by atoms with Crippen LogP contribution in [0, 0.1) is 11.3 Å². The van der Waals surface area contributed by atoms with E-state index in [4.69, 9.17) is 14.4 Å². The van der Waals surface area contributed by atoms with Crippen LogP contribution in [0.5, 0.6) is 0 Å². The van der Waals surface area contributed by atoms with Gasteiger partial charge in [0.1, 0.15) is 17.4 Å². The van der Waals surface area contributed by atoms with Gasteiger partial charge in [0.05, 0.1) is 11.1 Å². The molecule has 0 aliphatic heterocycles. The van der Waals surface area contributed by atoms with E-state index in [2.05, 4.69) is 31.9 Å². The van der Waals surface area contributed by atoms with E-state index in [0.717, 1.165) is 0 Å². The highest BCUT2D eigenvalue weighted by molar-refractivity contribution is 9.13. The van der Waals surface area contributed by atoms with Crippen LogP contribution in [-0.2, 0) is 9.53 Å². The second kappa shape index (κ2) is 5.87. The van der Waals surface area contributed by atoms with E-state index in [9.17, 15) is 4.79 Å². The number of nitriles is 1. The van der Waals surface area contributed by atoms with Gasteiger partial charge >= 0.3 is 5.97 Å². The van der Waals surface area contributed by atoms with Crippen LogP contribution in [0.15, 0.2) is 25.2 Å². The molecule has 0 atom stereocenters. The fraction of sp³-hybridized carbons (Fsp3) is 0.200. The maximum atomic E-state index is 11.3. The predicted octanol–water partition coefficient (Wildman–Crippen LogP) is 3.27. The molecule has 0 amide bonds. The molecule has 0 saturated carbocycles. The third-order valence-corrected chi connectivity index (χ3v) is 3.28. The summed E-state index contributed by atoms with van der Waals surface area (Å²) >= 11 is 6.38. The van der Waals surface area contributed by atoms with Crippen LogP contribution in [0.1, 0.15) is 12.7 Å². The lowest BCUT2D eigenvalue weighted by molar-refractivity contribution is -0.137. The molecule has 0 spiro atoms. The van der Waals surface area contributed by atoms with E-state index < -0.39 is 5.97 Å². The molecule has 1 aromatic heterocycles. The first-order chi connectivity index (χ1) is 7.58. The van der Waals surface area contributed by atoms with Gasteiger partial charge in [-0.1, -0.05) is 0 Å². The summed E-state index contributed by atoms with van der Waals surface area (Å²) in [6, 6.07) is 3.40. The lowest BCUT2D eigenvalue weighted by Gasteiger charge is -1.97. The Hall–Kier alpha value is -1.06. The van der Waals surface area contributed by atoms with Crippen molar-refractivity contribution < 1.29 is 13.9 Å². The summed E-state index contributed by atoms with van der Waals surface area (Å²) in [7, 11) is 0. The van der Waals surface area contributed by atoms with Crippen LogP contribution in [0.4, 0.5) is 0 Å². The third kappa shape index (κ3) is 3.22. The number of halogens is 2. The molecule has 0 fully saturated rings. The van der Waals surface area contributed by atoms with Gasteiger partial charge in [-0.2, -0.15) is 5.26 Å². The van der Waals surface area contributed by atoms with Crippen LogP contribution in [0.3, 0.4) is 0 Å². The van der Waals surface area contributed by atoms with Crippen LogP contribution in [-0.4, -0.2) is 12.6 Å². The number of hydrogen-bond donors (Lipinski definition) is 0. The van der Waals surface area contributed by atoms with Crippen LogP contribution in [0.2, 0.25) is 0 Å². The molecule has 1 rings (SSSR count). The van der Waals surface area contributed by atoms with Gasteiger partial charge in [0.25, 0.3) is 0 Å². The number of ether oxygens (including phenoxy) is 1. The van der Waals surface area contributed by atoms with Gasteiger partial charge in [-0.3, -0.25) is 0 Å². The first-order valence-corrected chi connectivity index (χ1v) is 5.90. The van der Waals surface area contributed by atoms with Gasteiger partial charge in [0, 0.05) is 6.08 Å². The monoisotopic (exact) mass is 347 g/mol. The van der Waals surface area contributed by atoms with Gasteiger partial charge in [-0.25, -0.2) is 4.79 Å². The molecular formula is C10H7Br2NO3. The second-order valence-electron chi connectivity index (χ2n) is 2.66. The molecule has 0 unspecified atom stereocenters. The first-order valence-electron chi connectivity index (χ1n) is 4.32. The molecule has 4 nitrogen and oxygen atoms in total. The van der Waals surface area contributed by atoms with Gasteiger partial charge in [0.15, 0.2) is 4.67 Å². The molecule has 0 saturated heterocycles. The Balaban J connectivity index is 2.97. The SMILES string of the molecule is CCOC(=O)/C(C#N)=C/c1cc(Br)c(Br)o1. The van der Waals surface area contributed by atoms with Crippen molar-refractivity contribution in [3.63, 3.8) is 0 Å². The second-order valence-corrected chi connectivity index (χ2v) is 4.24. The quantitative estimate of drug-likeness (QED) is 0.477. The highest BCUT2D eigenvalue weighted by Crippen LogP contribution is 2.27. The summed E-state index contributed by atoms with van der Waals surface area (Å²) < 4.78 is 11.1. The maximum Gasteiger partial charge on any atom is 0.349 e. The molecule has 6 heteroatoms. The molecule has 84 valence electrons. The topological polar surface area (TPSA) is 63.2 Å². The predicted molar refractivity (Wildman–Crippen MR) is 64.3 cm³/mol.